The number of nitriles is 1. The first kappa shape index (κ1) is 22.4. The molecule has 2 saturated heterocycles. The predicted molar refractivity (Wildman–Crippen MR) is 127 cm³/mol. The van der Waals surface area contributed by atoms with Gasteiger partial charge in [0.05, 0.1) is 30.8 Å². The normalized spacial score (nSPS) is 24.1. The van der Waals surface area contributed by atoms with Crippen LogP contribution in [0.5, 0.6) is 0 Å². The van der Waals surface area contributed by atoms with Crippen LogP contribution in [0.1, 0.15) is 53.7 Å². The molecule has 1 aromatic carbocycles. The van der Waals surface area contributed by atoms with Gasteiger partial charge in [0.1, 0.15) is 5.69 Å². The molecule has 4 heterocycles. The third kappa shape index (κ3) is 4.24. The molecule has 5 rings (SSSR count). The van der Waals surface area contributed by atoms with Gasteiger partial charge in [-0.2, -0.15) is 5.26 Å². The second kappa shape index (κ2) is 9.07. The van der Waals surface area contributed by atoms with E-state index in [1.807, 2.05) is 21.6 Å². The number of nitrogens with one attached hydrogen (secondary N) is 2. The average molecular weight is 461 g/mol. The largest absolute Gasteiger partial charge is 0.342 e. The summed E-state index contributed by atoms with van der Waals surface area (Å²) in [4.78, 5) is 41.1. The lowest BCUT2D eigenvalue weighted by Gasteiger charge is -2.45. The first-order chi connectivity index (χ1) is 16.4. The van der Waals surface area contributed by atoms with E-state index in [4.69, 9.17) is 5.26 Å². The number of benzene rings is 1. The summed E-state index contributed by atoms with van der Waals surface area (Å²) in [5.74, 6) is 0.587. The minimum Gasteiger partial charge on any atom is -0.342 e. The molecule has 0 aliphatic carbocycles. The molecule has 0 saturated carbocycles. The van der Waals surface area contributed by atoms with Crippen LogP contribution in [0.3, 0.4) is 0 Å². The van der Waals surface area contributed by atoms with Crippen LogP contribution in [0, 0.1) is 17.2 Å². The summed E-state index contributed by atoms with van der Waals surface area (Å²) in [6.07, 6.45) is 3.19. The molecule has 0 radical (unpaired) electrons. The fraction of sp³-hybridized carbons (Fsp3) is 0.462. The number of carbonyl (C=O) groups is 2. The Morgan fingerprint density at radius 3 is 2.50 bits per heavy atom. The van der Waals surface area contributed by atoms with Gasteiger partial charge < -0.3 is 19.7 Å². The molecule has 3 atom stereocenters. The first-order valence-electron chi connectivity index (χ1n) is 12.1. The molecule has 34 heavy (non-hydrogen) atoms. The number of nitrogens with zero attached hydrogens (tertiary/aromatic N) is 3. The van der Waals surface area contributed by atoms with Gasteiger partial charge in [0.2, 0.25) is 5.91 Å². The summed E-state index contributed by atoms with van der Waals surface area (Å²) in [6.45, 7) is 6.08. The summed E-state index contributed by atoms with van der Waals surface area (Å²) >= 11 is 0. The van der Waals surface area contributed by atoms with Crippen molar-refractivity contribution < 1.29 is 14.5 Å². The van der Waals surface area contributed by atoms with E-state index < -0.39 is 0 Å². The zero-order valence-corrected chi connectivity index (χ0v) is 19.4. The monoisotopic (exact) mass is 460 g/mol. The van der Waals surface area contributed by atoms with Crippen molar-refractivity contribution in [2.24, 2.45) is 5.92 Å². The number of piperidine rings is 2. The summed E-state index contributed by atoms with van der Waals surface area (Å²) in [6, 6.07) is 12.7. The molecule has 1 aromatic heterocycles. The van der Waals surface area contributed by atoms with Crippen LogP contribution in [0.4, 0.5) is 5.69 Å². The molecule has 8 heteroatoms. The molecule has 2 fully saturated rings. The van der Waals surface area contributed by atoms with Gasteiger partial charge in [-0.05, 0) is 42.8 Å². The van der Waals surface area contributed by atoms with Crippen molar-refractivity contribution in [2.45, 2.75) is 44.7 Å². The van der Waals surface area contributed by atoms with Crippen LogP contribution >= 0.6 is 0 Å². The number of hydrogen-bond acceptors (Lipinski definition) is 4. The maximum atomic E-state index is 13.3. The maximum absolute atomic E-state index is 13.3. The standard InChI is InChI=1S/C26H29N5O3/c1-17(32)29-10-8-22(9-11-29)30-14-19-12-21(16-30)24-7-6-23(26(34)31(24)15-19)28-25(33)20-4-2-18(13-27)3-5-20/h2-7,19,21-22H,8-12,14-16H2,1H3,(H,28,33)/p+1/t19-,21+/m0/s1. The first-order valence-corrected chi connectivity index (χ1v) is 12.1. The maximum Gasteiger partial charge on any atom is 0.274 e. The summed E-state index contributed by atoms with van der Waals surface area (Å²) in [5.41, 5.74) is 2.10. The van der Waals surface area contributed by atoms with Crippen LogP contribution in [0.25, 0.3) is 0 Å². The number of fused-ring (bicyclic) bond motifs is 4. The highest BCUT2D eigenvalue weighted by atomic mass is 16.2. The van der Waals surface area contributed by atoms with Crippen LogP contribution < -0.4 is 15.8 Å². The number of aromatic nitrogens is 1. The second-order valence-corrected chi connectivity index (χ2v) is 9.88. The van der Waals surface area contributed by atoms with Crippen molar-refractivity contribution in [1.82, 2.24) is 9.47 Å². The number of hydrogen-bond donors (Lipinski definition) is 2. The van der Waals surface area contributed by atoms with Gasteiger partial charge in [0.15, 0.2) is 0 Å². The van der Waals surface area contributed by atoms with E-state index in [9.17, 15) is 14.4 Å². The zero-order valence-electron chi connectivity index (χ0n) is 19.4. The molecule has 176 valence electrons. The predicted octanol–water partition coefficient (Wildman–Crippen LogP) is 0.985. The molecule has 2 bridgehead atoms. The fourth-order valence-electron chi connectivity index (χ4n) is 6.02. The second-order valence-electron chi connectivity index (χ2n) is 9.88. The van der Waals surface area contributed by atoms with Crippen molar-refractivity contribution in [2.75, 3.05) is 31.5 Å². The third-order valence-corrected chi connectivity index (χ3v) is 7.79. The smallest absolute Gasteiger partial charge is 0.274 e. The molecule has 8 nitrogen and oxygen atoms in total. The van der Waals surface area contributed by atoms with E-state index in [-0.39, 0.29) is 17.4 Å². The Balaban J connectivity index is 1.30. The third-order valence-electron chi connectivity index (χ3n) is 7.79. The van der Waals surface area contributed by atoms with E-state index in [0.717, 1.165) is 51.1 Å². The number of rotatable bonds is 3. The number of pyridine rings is 1. The lowest BCUT2D eigenvalue weighted by molar-refractivity contribution is -0.937. The molecule has 2 N–H and O–H groups in total. The van der Waals surface area contributed by atoms with Crippen LogP contribution in [0.15, 0.2) is 41.2 Å². The van der Waals surface area contributed by atoms with E-state index in [0.29, 0.717) is 41.2 Å². The Hall–Kier alpha value is -3.44. The van der Waals surface area contributed by atoms with Gasteiger partial charge in [-0.15, -0.1) is 0 Å². The van der Waals surface area contributed by atoms with Crippen molar-refractivity contribution in [1.29, 1.82) is 5.26 Å². The number of anilines is 1. The van der Waals surface area contributed by atoms with Crippen LogP contribution in [-0.2, 0) is 11.3 Å². The Bertz CT molecular complexity index is 1200. The average Bonchev–Trinajstić information content (AvgIpc) is 2.86. The van der Waals surface area contributed by atoms with Gasteiger partial charge in [0.25, 0.3) is 11.5 Å². The zero-order chi connectivity index (χ0) is 23.8. The molecular weight excluding hydrogens is 430 g/mol. The molecule has 0 spiro atoms. The molecule has 2 aromatic rings. The Kier molecular flexibility index (Phi) is 5.96. The lowest BCUT2D eigenvalue weighted by atomic mass is 9.82. The van der Waals surface area contributed by atoms with E-state index in [2.05, 4.69) is 5.32 Å². The van der Waals surface area contributed by atoms with E-state index in [1.54, 1.807) is 42.2 Å². The van der Waals surface area contributed by atoms with Crippen molar-refractivity contribution in [3.63, 3.8) is 0 Å². The van der Waals surface area contributed by atoms with Gasteiger partial charge >= 0.3 is 0 Å². The van der Waals surface area contributed by atoms with Gasteiger partial charge in [-0.3, -0.25) is 14.4 Å². The highest BCUT2D eigenvalue weighted by molar-refractivity contribution is 6.04. The quantitative estimate of drug-likeness (QED) is 0.713. The van der Waals surface area contributed by atoms with Gasteiger partial charge in [0, 0.05) is 62.5 Å². The summed E-state index contributed by atoms with van der Waals surface area (Å²) in [5, 5.41) is 11.7. The van der Waals surface area contributed by atoms with Crippen molar-refractivity contribution >= 4 is 17.5 Å². The van der Waals surface area contributed by atoms with Crippen LogP contribution in [0.2, 0.25) is 0 Å². The SMILES string of the molecule is CC(=O)N1CCC([NH+]2C[C@@H]3C[C@H](C2)c2ccc(NC(=O)c4ccc(C#N)cc4)c(=O)n2C3)CC1. The minimum atomic E-state index is -0.356. The topological polar surface area (TPSA) is 99.6 Å². The fourth-order valence-corrected chi connectivity index (χ4v) is 6.02. The van der Waals surface area contributed by atoms with E-state index in [1.165, 1.54) is 0 Å². The molecule has 3 aliphatic rings. The molecule has 3 aliphatic heterocycles. The number of quaternary nitrogens is 1. The van der Waals surface area contributed by atoms with Gasteiger partial charge in [-0.1, -0.05) is 0 Å². The van der Waals surface area contributed by atoms with E-state index >= 15 is 0 Å². The highest BCUT2D eigenvalue weighted by Gasteiger charge is 2.41. The molecule has 1 unspecified atom stereocenters. The Morgan fingerprint density at radius 2 is 1.82 bits per heavy atom. The number of carbonyl (C=O) groups excluding carboxylic acids is 2. The summed E-state index contributed by atoms with van der Waals surface area (Å²) in [7, 11) is 0. The minimum absolute atomic E-state index is 0.146. The summed E-state index contributed by atoms with van der Waals surface area (Å²) < 4.78 is 1.86. The Morgan fingerprint density at radius 1 is 1.09 bits per heavy atom. The molecular formula is C26H30N5O3+. The molecule has 2 amide bonds. The van der Waals surface area contributed by atoms with Crippen LogP contribution in [-0.4, -0.2) is 53.5 Å². The van der Waals surface area contributed by atoms with Crippen molar-refractivity contribution in [3.05, 3.63) is 63.6 Å². The number of likely N-dealkylation sites (tertiary alicyclic amines) is 2. The van der Waals surface area contributed by atoms with Gasteiger partial charge in [-0.25, -0.2) is 0 Å². The number of amides is 2. The Labute approximate surface area is 198 Å². The highest BCUT2D eigenvalue weighted by Crippen LogP contribution is 2.31. The lowest BCUT2D eigenvalue weighted by Crippen LogP contribution is -3.18. The van der Waals surface area contributed by atoms with Crippen molar-refractivity contribution in [3.8, 4) is 6.07 Å².